The van der Waals surface area contributed by atoms with E-state index in [0.717, 1.165) is 57.6 Å². The van der Waals surface area contributed by atoms with Gasteiger partial charge in [-0.3, -0.25) is 4.99 Å². The van der Waals surface area contributed by atoms with E-state index >= 15 is 0 Å². The number of ether oxygens (including phenoxy) is 3. The Morgan fingerprint density at radius 1 is 1.28 bits per heavy atom. The van der Waals surface area contributed by atoms with Gasteiger partial charge in [0, 0.05) is 59.9 Å². The van der Waals surface area contributed by atoms with Gasteiger partial charge < -0.3 is 29.3 Å². The van der Waals surface area contributed by atoms with E-state index in [9.17, 15) is 0 Å². The van der Waals surface area contributed by atoms with Gasteiger partial charge in [-0.1, -0.05) is 12.1 Å². The third-order valence-corrected chi connectivity index (χ3v) is 4.90. The highest BCUT2D eigenvalue weighted by molar-refractivity contribution is 14.0. The predicted octanol–water partition coefficient (Wildman–Crippen LogP) is 2.31. The summed E-state index contributed by atoms with van der Waals surface area (Å²) in [5.41, 5.74) is 1.17. The Hall–Kier alpha value is -1.10. The minimum Gasteiger partial charge on any atom is -0.492 e. The number of nitrogens with one attached hydrogen (secondary N) is 1. The fraction of sp³-hybridized carbons (Fsp3) is 0.667. The molecule has 2 rings (SSSR count). The minimum absolute atomic E-state index is 0. The Bertz CT molecular complexity index is 597. The Labute approximate surface area is 192 Å². The zero-order valence-corrected chi connectivity index (χ0v) is 20.6. The number of benzene rings is 1. The lowest BCUT2D eigenvalue weighted by Crippen LogP contribution is -2.41. The molecule has 1 N–H and O–H groups in total. The van der Waals surface area contributed by atoms with E-state index in [2.05, 4.69) is 46.3 Å². The third-order valence-electron chi connectivity index (χ3n) is 4.90. The molecule has 0 aliphatic carbocycles. The summed E-state index contributed by atoms with van der Waals surface area (Å²) >= 11 is 0. The van der Waals surface area contributed by atoms with Gasteiger partial charge in [-0.2, -0.15) is 0 Å². The first-order valence-corrected chi connectivity index (χ1v) is 10.0. The number of halogens is 1. The number of hydrogen-bond acceptors (Lipinski definition) is 5. The average Bonchev–Trinajstić information content (AvgIpc) is 3.20. The fourth-order valence-corrected chi connectivity index (χ4v) is 3.19. The zero-order valence-electron chi connectivity index (χ0n) is 18.2. The molecule has 0 spiro atoms. The summed E-state index contributed by atoms with van der Waals surface area (Å²) in [7, 11) is 7.69. The van der Waals surface area contributed by atoms with Crippen molar-refractivity contribution in [2.45, 2.75) is 13.0 Å². The summed E-state index contributed by atoms with van der Waals surface area (Å²) in [5.74, 6) is 2.38. The van der Waals surface area contributed by atoms with Gasteiger partial charge in [0.1, 0.15) is 12.4 Å². The molecular formula is C21H37IN4O3. The van der Waals surface area contributed by atoms with Gasteiger partial charge in [-0.15, -0.1) is 24.0 Å². The van der Waals surface area contributed by atoms with Crippen molar-refractivity contribution in [3.63, 3.8) is 0 Å². The van der Waals surface area contributed by atoms with Gasteiger partial charge >= 0.3 is 0 Å². The van der Waals surface area contributed by atoms with Crippen molar-refractivity contribution in [1.82, 2.24) is 15.1 Å². The minimum atomic E-state index is 0. The average molecular weight is 520 g/mol. The smallest absolute Gasteiger partial charge is 0.193 e. The van der Waals surface area contributed by atoms with Gasteiger partial charge in [0.25, 0.3) is 0 Å². The van der Waals surface area contributed by atoms with Gasteiger partial charge in [0.2, 0.25) is 0 Å². The predicted molar refractivity (Wildman–Crippen MR) is 128 cm³/mol. The van der Waals surface area contributed by atoms with Crippen molar-refractivity contribution in [3.8, 4) is 5.75 Å². The maximum absolute atomic E-state index is 5.90. The highest BCUT2D eigenvalue weighted by Gasteiger charge is 2.19. The van der Waals surface area contributed by atoms with Crippen LogP contribution in [0.1, 0.15) is 12.0 Å². The number of nitrogens with zero attached hydrogens (tertiary/aromatic N) is 3. The first-order chi connectivity index (χ1) is 13.6. The lowest BCUT2D eigenvalue weighted by Gasteiger charge is -2.24. The Morgan fingerprint density at radius 2 is 2.07 bits per heavy atom. The van der Waals surface area contributed by atoms with E-state index < -0.39 is 0 Å². The van der Waals surface area contributed by atoms with E-state index in [1.165, 1.54) is 5.56 Å². The molecule has 0 bridgehead atoms. The summed E-state index contributed by atoms with van der Waals surface area (Å²) in [6.45, 7) is 6.56. The lowest BCUT2D eigenvalue weighted by molar-refractivity contribution is 0.150. The zero-order chi connectivity index (χ0) is 20.2. The Kier molecular flexibility index (Phi) is 13.2. The number of guanidine groups is 1. The summed E-state index contributed by atoms with van der Waals surface area (Å²) < 4.78 is 16.5. The third kappa shape index (κ3) is 9.97. The van der Waals surface area contributed by atoms with Crippen LogP contribution in [-0.2, 0) is 16.0 Å². The molecule has 7 nitrogen and oxygen atoms in total. The van der Waals surface area contributed by atoms with Crippen molar-refractivity contribution in [1.29, 1.82) is 0 Å². The van der Waals surface area contributed by atoms with Crippen LogP contribution in [0.25, 0.3) is 0 Å². The first-order valence-electron chi connectivity index (χ1n) is 10.0. The molecule has 1 aromatic rings. The molecule has 0 aromatic heterocycles. The van der Waals surface area contributed by atoms with Crippen molar-refractivity contribution >= 4 is 29.9 Å². The Balaban J connectivity index is 0.00000420. The molecule has 1 saturated heterocycles. The molecule has 166 valence electrons. The fourth-order valence-electron chi connectivity index (χ4n) is 3.19. The second-order valence-corrected chi connectivity index (χ2v) is 7.30. The molecule has 1 aliphatic heterocycles. The van der Waals surface area contributed by atoms with Crippen LogP contribution in [0.2, 0.25) is 0 Å². The first kappa shape index (κ1) is 25.9. The van der Waals surface area contributed by atoms with Crippen LogP contribution in [-0.4, -0.2) is 90.1 Å². The summed E-state index contributed by atoms with van der Waals surface area (Å²) in [4.78, 5) is 8.78. The van der Waals surface area contributed by atoms with Crippen molar-refractivity contribution < 1.29 is 14.2 Å². The van der Waals surface area contributed by atoms with E-state index in [4.69, 9.17) is 14.2 Å². The number of rotatable bonds is 11. The van der Waals surface area contributed by atoms with Crippen LogP contribution in [0.5, 0.6) is 5.75 Å². The van der Waals surface area contributed by atoms with E-state index in [1.807, 2.05) is 19.2 Å². The summed E-state index contributed by atoms with van der Waals surface area (Å²) in [6.07, 6.45) is 1.13. The summed E-state index contributed by atoms with van der Waals surface area (Å²) in [6, 6.07) is 8.21. The molecule has 0 saturated carbocycles. The largest absolute Gasteiger partial charge is 0.492 e. The quantitative estimate of drug-likeness (QED) is 0.275. The van der Waals surface area contributed by atoms with E-state index in [-0.39, 0.29) is 24.0 Å². The highest BCUT2D eigenvalue weighted by Crippen LogP contribution is 2.15. The van der Waals surface area contributed by atoms with Gasteiger partial charge in [-0.25, -0.2) is 0 Å². The molecule has 1 heterocycles. The van der Waals surface area contributed by atoms with Crippen LogP contribution in [0.15, 0.2) is 29.3 Å². The Morgan fingerprint density at radius 3 is 2.76 bits per heavy atom. The van der Waals surface area contributed by atoms with Gasteiger partial charge in [0.05, 0.1) is 13.2 Å². The monoisotopic (exact) mass is 520 g/mol. The molecule has 1 aromatic carbocycles. The second kappa shape index (κ2) is 14.8. The SMILES string of the molecule is CN=C(NCc1cccc(OCCN(C)CCOC)c1)N(C)CC1CCOC1.I. The van der Waals surface area contributed by atoms with Gasteiger partial charge in [-0.05, 0) is 31.2 Å². The molecule has 0 amide bonds. The molecular weight excluding hydrogens is 483 g/mol. The number of hydrogen-bond donors (Lipinski definition) is 1. The van der Waals surface area contributed by atoms with E-state index in [0.29, 0.717) is 19.1 Å². The summed E-state index contributed by atoms with van der Waals surface area (Å²) in [5, 5.41) is 3.44. The molecule has 0 radical (unpaired) electrons. The topological polar surface area (TPSA) is 58.6 Å². The number of aliphatic imine (C=N–C) groups is 1. The highest BCUT2D eigenvalue weighted by atomic mass is 127. The number of likely N-dealkylation sites (N-methyl/N-ethyl adjacent to an activating group) is 1. The van der Waals surface area contributed by atoms with E-state index in [1.54, 1.807) is 7.11 Å². The second-order valence-electron chi connectivity index (χ2n) is 7.30. The van der Waals surface area contributed by atoms with Crippen molar-refractivity contribution in [2.75, 3.05) is 74.3 Å². The molecule has 1 aliphatic rings. The molecule has 8 heteroatoms. The van der Waals surface area contributed by atoms with Gasteiger partial charge in [0.15, 0.2) is 5.96 Å². The van der Waals surface area contributed by atoms with Crippen LogP contribution in [0.3, 0.4) is 0 Å². The van der Waals surface area contributed by atoms with Crippen LogP contribution in [0, 0.1) is 5.92 Å². The van der Waals surface area contributed by atoms with Crippen molar-refractivity contribution in [2.24, 2.45) is 10.9 Å². The van der Waals surface area contributed by atoms with Crippen molar-refractivity contribution in [3.05, 3.63) is 29.8 Å². The maximum Gasteiger partial charge on any atom is 0.193 e. The lowest BCUT2D eigenvalue weighted by atomic mass is 10.1. The van der Waals surface area contributed by atoms with Crippen LogP contribution >= 0.6 is 24.0 Å². The maximum atomic E-state index is 5.90. The standard InChI is InChI=1S/C21H36N4O3.HI/c1-22-21(25(3)16-19-8-11-27-17-19)23-15-18-6-5-7-20(14-18)28-13-10-24(2)9-12-26-4;/h5-7,14,19H,8-13,15-17H2,1-4H3,(H,22,23);1H. The van der Waals surface area contributed by atoms with Crippen LogP contribution in [0.4, 0.5) is 0 Å². The van der Waals surface area contributed by atoms with Crippen LogP contribution < -0.4 is 10.1 Å². The number of methoxy groups -OCH3 is 1. The molecule has 1 fully saturated rings. The molecule has 1 unspecified atom stereocenters. The molecule has 29 heavy (non-hydrogen) atoms. The molecule has 1 atom stereocenters. The normalized spacial score (nSPS) is 16.6.